The summed E-state index contributed by atoms with van der Waals surface area (Å²) in [4.78, 5) is 9.09. The number of ether oxygens (including phenoxy) is 1. The number of methoxy groups -OCH3 is 1. The first kappa shape index (κ1) is 17.5. The lowest BCUT2D eigenvalue weighted by atomic mass is 10.1. The van der Waals surface area contributed by atoms with Crippen molar-refractivity contribution in [1.29, 1.82) is 5.26 Å². The molecule has 0 atom stereocenters. The Labute approximate surface area is 160 Å². The number of benzene rings is 1. The maximum atomic E-state index is 13.8. The van der Waals surface area contributed by atoms with Crippen molar-refractivity contribution in [1.82, 2.24) is 14.4 Å². The molecule has 0 saturated carbocycles. The number of imidazole rings is 1. The smallest absolute Gasteiger partial charge is 0.139 e. The first-order valence-corrected chi connectivity index (χ1v) is 8.55. The first-order valence-electron chi connectivity index (χ1n) is 8.55. The molecule has 0 amide bonds. The highest BCUT2D eigenvalue weighted by molar-refractivity contribution is 5.69. The molecule has 3 aromatic heterocycles. The van der Waals surface area contributed by atoms with Crippen molar-refractivity contribution in [2.24, 2.45) is 0 Å². The zero-order valence-corrected chi connectivity index (χ0v) is 15.3. The highest BCUT2D eigenvalue weighted by atomic mass is 19.1. The molecule has 0 aliphatic carbocycles. The van der Waals surface area contributed by atoms with Gasteiger partial charge in [-0.3, -0.25) is 4.40 Å². The van der Waals surface area contributed by atoms with Crippen LogP contribution in [0.4, 0.5) is 15.9 Å². The molecule has 138 valence electrons. The van der Waals surface area contributed by atoms with E-state index in [2.05, 4.69) is 21.4 Å². The number of nitrogens with zero attached hydrogens (tertiary/aromatic N) is 4. The summed E-state index contributed by atoms with van der Waals surface area (Å²) in [6.07, 6.45) is 1.36. The molecule has 0 radical (unpaired) electrons. The van der Waals surface area contributed by atoms with Gasteiger partial charge in [-0.2, -0.15) is 5.26 Å². The van der Waals surface area contributed by atoms with Crippen molar-refractivity contribution in [3.63, 3.8) is 0 Å². The van der Waals surface area contributed by atoms with E-state index in [1.165, 1.54) is 12.3 Å². The lowest BCUT2D eigenvalue weighted by Crippen LogP contribution is -1.99. The van der Waals surface area contributed by atoms with Crippen LogP contribution in [-0.4, -0.2) is 21.5 Å². The number of nitrogens with one attached hydrogen (secondary N) is 1. The number of anilines is 2. The third-order valence-corrected chi connectivity index (χ3v) is 4.30. The quantitative estimate of drug-likeness (QED) is 0.571. The summed E-state index contributed by atoms with van der Waals surface area (Å²) in [7, 11) is 1.60. The second kappa shape index (κ2) is 7.00. The van der Waals surface area contributed by atoms with E-state index in [1.807, 2.05) is 31.2 Å². The Hall–Kier alpha value is -3.92. The summed E-state index contributed by atoms with van der Waals surface area (Å²) in [5, 5.41) is 12.6. The van der Waals surface area contributed by atoms with Crippen molar-refractivity contribution in [3.8, 4) is 23.2 Å². The van der Waals surface area contributed by atoms with Crippen LogP contribution >= 0.6 is 0 Å². The summed E-state index contributed by atoms with van der Waals surface area (Å²) < 4.78 is 20.7. The Morgan fingerprint density at radius 3 is 2.79 bits per heavy atom. The molecule has 0 aliphatic rings. The second-order valence-electron chi connectivity index (χ2n) is 6.22. The van der Waals surface area contributed by atoms with Gasteiger partial charge in [-0.15, -0.1) is 0 Å². The van der Waals surface area contributed by atoms with Gasteiger partial charge < -0.3 is 10.1 Å². The molecule has 7 heteroatoms. The molecule has 0 aliphatic heterocycles. The Bertz CT molecular complexity index is 1230. The molecule has 28 heavy (non-hydrogen) atoms. The van der Waals surface area contributed by atoms with Gasteiger partial charge in [0.2, 0.25) is 0 Å². The third-order valence-electron chi connectivity index (χ3n) is 4.30. The minimum atomic E-state index is -0.377. The summed E-state index contributed by atoms with van der Waals surface area (Å²) in [5.74, 6) is 0.820. The molecule has 1 N–H and O–H groups in total. The van der Waals surface area contributed by atoms with Crippen LogP contribution in [0.5, 0.6) is 5.75 Å². The highest BCUT2D eigenvalue weighted by Crippen LogP contribution is 2.28. The van der Waals surface area contributed by atoms with Crippen molar-refractivity contribution >= 4 is 17.2 Å². The predicted molar refractivity (Wildman–Crippen MR) is 104 cm³/mol. The largest absolute Gasteiger partial charge is 0.497 e. The number of rotatable bonds is 4. The molecule has 4 rings (SSSR count). The van der Waals surface area contributed by atoms with Crippen molar-refractivity contribution < 1.29 is 9.13 Å². The normalized spacial score (nSPS) is 10.6. The zero-order valence-electron chi connectivity index (χ0n) is 15.3. The van der Waals surface area contributed by atoms with Crippen LogP contribution in [0, 0.1) is 24.1 Å². The van der Waals surface area contributed by atoms with E-state index in [-0.39, 0.29) is 5.82 Å². The van der Waals surface area contributed by atoms with Gasteiger partial charge >= 0.3 is 0 Å². The molecule has 0 saturated heterocycles. The van der Waals surface area contributed by atoms with E-state index in [0.29, 0.717) is 39.9 Å². The van der Waals surface area contributed by atoms with E-state index in [9.17, 15) is 9.65 Å². The van der Waals surface area contributed by atoms with E-state index >= 15 is 0 Å². The second-order valence-corrected chi connectivity index (χ2v) is 6.22. The lowest BCUT2D eigenvalue weighted by Gasteiger charge is -2.10. The first-order chi connectivity index (χ1) is 13.6. The average molecular weight is 373 g/mol. The summed E-state index contributed by atoms with van der Waals surface area (Å²) in [6, 6.07) is 15.8. The van der Waals surface area contributed by atoms with Crippen molar-refractivity contribution in [3.05, 3.63) is 71.8 Å². The van der Waals surface area contributed by atoms with Crippen LogP contribution in [0.25, 0.3) is 17.0 Å². The van der Waals surface area contributed by atoms with Crippen LogP contribution in [0.3, 0.4) is 0 Å². The minimum Gasteiger partial charge on any atom is -0.497 e. The van der Waals surface area contributed by atoms with Gasteiger partial charge in [0, 0.05) is 18.0 Å². The lowest BCUT2D eigenvalue weighted by molar-refractivity contribution is 0.415. The van der Waals surface area contributed by atoms with Gasteiger partial charge in [-0.25, -0.2) is 14.4 Å². The molecule has 0 spiro atoms. The molecule has 0 bridgehead atoms. The van der Waals surface area contributed by atoms with Crippen LogP contribution in [-0.2, 0) is 0 Å². The molecule has 1 aromatic carbocycles. The van der Waals surface area contributed by atoms with Gasteiger partial charge in [0.05, 0.1) is 35.8 Å². The average Bonchev–Trinajstić information content (AvgIpc) is 3.02. The fourth-order valence-electron chi connectivity index (χ4n) is 3.07. The Kier molecular flexibility index (Phi) is 4.38. The maximum Gasteiger partial charge on any atom is 0.139 e. The summed E-state index contributed by atoms with van der Waals surface area (Å²) >= 11 is 0. The van der Waals surface area contributed by atoms with Gasteiger partial charge in [-0.05, 0) is 43.3 Å². The number of hydrogen-bond donors (Lipinski definition) is 1. The standard InChI is InChI=1S/C21H16FN5O/c1-13-21(27-12-15(22)6-7-20(27)24-13)18-8-14(11-23)9-19(26-18)25-16-4-3-5-17(10-16)28-2/h3-10,12H,1-2H3,(H,25,26). The molecule has 0 unspecified atom stereocenters. The SMILES string of the molecule is COc1cccc(Nc2cc(C#N)cc(-c3c(C)nc4ccc(F)cn34)n2)c1. The molecule has 6 nitrogen and oxygen atoms in total. The Morgan fingerprint density at radius 2 is 2.00 bits per heavy atom. The van der Waals surface area contributed by atoms with Gasteiger partial charge in [0.25, 0.3) is 0 Å². The number of aryl methyl sites for hydroxylation is 1. The van der Waals surface area contributed by atoms with E-state index in [4.69, 9.17) is 4.74 Å². The van der Waals surface area contributed by atoms with Crippen molar-refractivity contribution in [2.75, 3.05) is 12.4 Å². The number of nitriles is 1. The number of pyridine rings is 2. The van der Waals surface area contributed by atoms with Crippen LogP contribution < -0.4 is 10.1 Å². The molecular weight excluding hydrogens is 357 g/mol. The molecule has 0 fully saturated rings. The topological polar surface area (TPSA) is 75.2 Å². The van der Waals surface area contributed by atoms with Crippen molar-refractivity contribution in [2.45, 2.75) is 6.92 Å². The summed E-state index contributed by atoms with van der Waals surface area (Å²) in [6.45, 7) is 1.83. The highest BCUT2D eigenvalue weighted by Gasteiger charge is 2.15. The fraction of sp³-hybridized carbons (Fsp3) is 0.0952. The third kappa shape index (κ3) is 3.23. The van der Waals surface area contributed by atoms with Gasteiger partial charge in [0.1, 0.15) is 23.0 Å². The Morgan fingerprint density at radius 1 is 1.14 bits per heavy atom. The summed E-state index contributed by atoms with van der Waals surface area (Å²) in [5.41, 5.74) is 3.68. The van der Waals surface area contributed by atoms with E-state index < -0.39 is 0 Å². The molecule has 4 aromatic rings. The van der Waals surface area contributed by atoms with E-state index in [1.54, 1.807) is 29.7 Å². The van der Waals surface area contributed by atoms with Gasteiger partial charge in [0.15, 0.2) is 0 Å². The zero-order chi connectivity index (χ0) is 19.7. The van der Waals surface area contributed by atoms with Crippen LogP contribution in [0.15, 0.2) is 54.7 Å². The number of hydrogen-bond acceptors (Lipinski definition) is 5. The number of halogens is 1. The van der Waals surface area contributed by atoms with Crippen LogP contribution in [0.2, 0.25) is 0 Å². The fourth-order valence-corrected chi connectivity index (χ4v) is 3.07. The monoisotopic (exact) mass is 373 g/mol. The number of aromatic nitrogens is 3. The molecule has 3 heterocycles. The number of fused-ring (bicyclic) bond motifs is 1. The van der Waals surface area contributed by atoms with Gasteiger partial charge in [-0.1, -0.05) is 6.07 Å². The van der Waals surface area contributed by atoms with Crippen LogP contribution in [0.1, 0.15) is 11.3 Å². The minimum absolute atomic E-state index is 0.377. The molecular formula is C21H16FN5O. The predicted octanol–water partition coefficient (Wildman–Crippen LogP) is 4.47. The Balaban J connectivity index is 1.83. The van der Waals surface area contributed by atoms with E-state index in [0.717, 1.165) is 5.69 Å². The maximum absolute atomic E-state index is 13.8.